The van der Waals surface area contributed by atoms with Gasteiger partial charge in [0, 0.05) is 28.7 Å². The molecule has 1 amide bonds. The maximum absolute atomic E-state index is 12.5. The van der Waals surface area contributed by atoms with Gasteiger partial charge in [-0.15, -0.1) is 0 Å². The molecule has 2 aromatic heterocycles. The van der Waals surface area contributed by atoms with Crippen molar-refractivity contribution in [3.8, 4) is 5.88 Å². The standard InChI is InChI=1S/C20H19ClN4O3/c1-28-17-3-2-10(8-22-17)19(26)24-18-12-6-20(27,7-13(12)18)15-4-11(21)5-16-14(15)9-23-25-16/h2-5,8-9,12-13,18,27H,6-7H2,1H3,(H,23,25)(H,24,26)/t12-,13+,18-,20+. The van der Waals surface area contributed by atoms with Crippen molar-refractivity contribution in [2.75, 3.05) is 7.11 Å². The highest BCUT2D eigenvalue weighted by atomic mass is 35.5. The van der Waals surface area contributed by atoms with Crippen LogP contribution in [0.3, 0.4) is 0 Å². The van der Waals surface area contributed by atoms with Crippen LogP contribution in [0.15, 0.2) is 36.7 Å². The second kappa shape index (κ2) is 6.18. The van der Waals surface area contributed by atoms with Gasteiger partial charge in [0.25, 0.3) is 5.91 Å². The molecule has 5 rings (SSSR count). The van der Waals surface area contributed by atoms with Crippen molar-refractivity contribution >= 4 is 28.4 Å². The number of aromatic nitrogens is 3. The van der Waals surface area contributed by atoms with E-state index in [1.165, 1.54) is 13.3 Å². The van der Waals surface area contributed by atoms with E-state index in [-0.39, 0.29) is 23.8 Å². The molecule has 28 heavy (non-hydrogen) atoms. The molecule has 8 heteroatoms. The molecule has 2 saturated carbocycles. The third-order valence-corrected chi connectivity index (χ3v) is 6.23. The molecular weight excluding hydrogens is 380 g/mol. The number of nitrogens with zero attached hydrogens (tertiary/aromatic N) is 2. The van der Waals surface area contributed by atoms with E-state index in [2.05, 4.69) is 20.5 Å². The summed E-state index contributed by atoms with van der Waals surface area (Å²) in [5, 5.41) is 22.8. The predicted octanol–water partition coefficient (Wildman–Crippen LogP) is 2.65. The van der Waals surface area contributed by atoms with Crippen molar-refractivity contribution in [1.82, 2.24) is 20.5 Å². The number of carbonyl (C=O) groups is 1. The van der Waals surface area contributed by atoms with Crippen molar-refractivity contribution in [2.45, 2.75) is 24.5 Å². The largest absolute Gasteiger partial charge is 0.481 e. The Bertz CT molecular complexity index is 1050. The van der Waals surface area contributed by atoms with Gasteiger partial charge in [0.05, 0.1) is 30.0 Å². The van der Waals surface area contributed by atoms with E-state index < -0.39 is 5.60 Å². The summed E-state index contributed by atoms with van der Waals surface area (Å²) in [7, 11) is 1.53. The third-order valence-electron chi connectivity index (χ3n) is 6.01. The molecule has 1 aromatic carbocycles. The number of aliphatic hydroxyl groups is 1. The fourth-order valence-electron chi connectivity index (χ4n) is 4.57. The summed E-state index contributed by atoms with van der Waals surface area (Å²) in [4.78, 5) is 16.5. The number of amides is 1. The molecule has 0 unspecified atom stereocenters. The number of benzene rings is 1. The number of carbonyl (C=O) groups excluding carboxylic acids is 1. The summed E-state index contributed by atoms with van der Waals surface area (Å²) < 4.78 is 5.01. The van der Waals surface area contributed by atoms with Gasteiger partial charge in [0.1, 0.15) is 0 Å². The van der Waals surface area contributed by atoms with E-state index in [1.54, 1.807) is 24.4 Å². The van der Waals surface area contributed by atoms with Gasteiger partial charge < -0.3 is 15.2 Å². The molecule has 144 valence electrons. The zero-order chi connectivity index (χ0) is 19.5. The molecule has 2 aliphatic rings. The number of nitrogens with one attached hydrogen (secondary N) is 2. The van der Waals surface area contributed by atoms with Crippen molar-refractivity contribution in [1.29, 1.82) is 0 Å². The maximum Gasteiger partial charge on any atom is 0.253 e. The van der Waals surface area contributed by atoms with Crippen LogP contribution in [0.1, 0.15) is 28.8 Å². The third kappa shape index (κ3) is 2.73. The predicted molar refractivity (Wildman–Crippen MR) is 103 cm³/mol. The van der Waals surface area contributed by atoms with Crippen LogP contribution < -0.4 is 10.1 Å². The van der Waals surface area contributed by atoms with Crippen LogP contribution in [-0.2, 0) is 5.60 Å². The highest BCUT2D eigenvalue weighted by Crippen LogP contribution is 2.60. The van der Waals surface area contributed by atoms with Crippen LogP contribution in [0.2, 0.25) is 5.02 Å². The van der Waals surface area contributed by atoms with Crippen LogP contribution in [0.25, 0.3) is 10.9 Å². The van der Waals surface area contributed by atoms with Gasteiger partial charge in [-0.3, -0.25) is 9.89 Å². The zero-order valence-electron chi connectivity index (χ0n) is 15.1. The zero-order valence-corrected chi connectivity index (χ0v) is 15.9. The van der Waals surface area contributed by atoms with Gasteiger partial charge in [-0.2, -0.15) is 5.10 Å². The number of H-pyrrole nitrogens is 1. The number of pyridine rings is 1. The molecule has 3 aromatic rings. The lowest BCUT2D eigenvalue weighted by molar-refractivity contribution is 0.0293. The lowest BCUT2D eigenvalue weighted by Gasteiger charge is -2.27. The first-order chi connectivity index (χ1) is 13.5. The first-order valence-corrected chi connectivity index (χ1v) is 9.53. The first kappa shape index (κ1) is 17.5. The van der Waals surface area contributed by atoms with Crippen LogP contribution in [0.5, 0.6) is 5.88 Å². The molecule has 2 fully saturated rings. The Kier molecular flexibility index (Phi) is 3.86. The number of fused-ring (bicyclic) bond motifs is 2. The summed E-state index contributed by atoms with van der Waals surface area (Å²) in [5.41, 5.74) is 1.16. The maximum atomic E-state index is 12.5. The summed E-state index contributed by atoms with van der Waals surface area (Å²) in [6.45, 7) is 0. The van der Waals surface area contributed by atoms with Gasteiger partial charge >= 0.3 is 0 Å². The highest BCUT2D eigenvalue weighted by molar-refractivity contribution is 6.31. The Morgan fingerprint density at radius 3 is 2.79 bits per heavy atom. The average molecular weight is 399 g/mol. The molecule has 0 spiro atoms. The minimum Gasteiger partial charge on any atom is -0.481 e. The molecule has 0 bridgehead atoms. The molecule has 7 nitrogen and oxygen atoms in total. The monoisotopic (exact) mass is 398 g/mol. The lowest BCUT2D eigenvalue weighted by atomic mass is 9.86. The van der Waals surface area contributed by atoms with E-state index in [0.29, 0.717) is 29.3 Å². The summed E-state index contributed by atoms with van der Waals surface area (Å²) in [6.07, 6.45) is 4.40. The average Bonchev–Trinajstić information content (AvgIpc) is 3.06. The molecule has 0 radical (unpaired) electrons. The van der Waals surface area contributed by atoms with Gasteiger partial charge in [-0.25, -0.2) is 4.98 Å². The highest BCUT2D eigenvalue weighted by Gasteiger charge is 2.62. The molecule has 2 aliphatic carbocycles. The van der Waals surface area contributed by atoms with Gasteiger partial charge in [0.15, 0.2) is 0 Å². The number of ether oxygens (including phenoxy) is 1. The number of halogens is 1. The number of rotatable bonds is 4. The molecule has 0 aliphatic heterocycles. The van der Waals surface area contributed by atoms with E-state index in [4.69, 9.17) is 16.3 Å². The molecule has 4 atom stereocenters. The Morgan fingerprint density at radius 1 is 1.32 bits per heavy atom. The molecule has 2 heterocycles. The van der Waals surface area contributed by atoms with E-state index >= 15 is 0 Å². The van der Waals surface area contributed by atoms with Gasteiger partial charge in [-0.1, -0.05) is 11.6 Å². The Balaban J connectivity index is 1.30. The summed E-state index contributed by atoms with van der Waals surface area (Å²) >= 11 is 6.22. The van der Waals surface area contributed by atoms with Crippen LogP contribution in [-0.4, -0.2) is 39.3 Å². The van der Waals surface area contributed by atoms with Crippen LogP contribution >= 0.6 is 11.6 Å². The number of hydrogen-bond acceptors (Lipinski definition) is 5. The number of hydrogen-bond donors (Lipinski definition) is 3. The second-order valence-corrected chi connectivity index (χ2v) is 8.08. The second-order valence-electron chi connectivity index (χ2n) is 7.64. The van der Waals surface area contributed by atoms with E-state index in [1.807, 2.05) is 6.07 Å². The SMILES string of the molecule is COc1ccc(C(=O)N[C@@H]2[C@@H]3C[C@@](O)(c4cc(Cl)cc5[nH]ncc45)C[C@@H]32)cn1. The number of aromatic amines is 1. The van der Waals surface area contributed by atoms with Crippen LogP contribution in [0, 0.1) is 11.8 Å². The van der Waals surface area contributed by atoms with E-state index in [9.17, 15) is 9.90 Å². The van der Waals surface area contributed by atoms with Crippen molar-refractivity contribution in [3.05, 3.63) is 52.8 Å². The molecular formula is C20H19ClN4O3. The Hall–Kier alpha value is -2.64. The van der Waals surface area contributed by atoms with Gasteiger partial charge in [-0.05, 0) is 48.4 Å². The summed E-state index contributed by atoms with van der Waals surface area (Å²) in [6, 6.07) is 7.06. The van der Waals surface area contributed by atoms with E-state index in [0.717, 1.165) is 16.5 Å². The normalized spacial score (nSPS) is 28.2. The molecule has 3 N–H and O–H groups in total. The smallest absolute Gasteiger partial charge is 0.253 e. The van der Waals surface area contributed by atoms with Crippen molar-refractivity contribution in [2.24, 2.45) is 11.8 Å². The Morgan fingerprint density at radius 2 is 2.11 bits per heavy atom. The minimum absolute atomic E-state index is 0.0777. The number of methoxy groups -OCH3 is 1. The fourth-order valence-corrected chi connectivity index (χ4v) is 4.79. The van der Waals surface area contributed by atoms with Crippen molar-refractivity contribution in [3.63, 3.8) is 0 Å². The van der Waals surface area contributed by atoms with Crippen molar-refractivity contribution < 1.29 is 14.6 Å². The topological polar surface area (TPSA) is 100 Å². The molecule has 0 saturated heterocycles. The lowest BCUT2D eigenvalue weighted by Crippen LogP contribution is -2.33. The summed E-state index contributed by atoms with van der Waals surface area (Å²) in [5.74, 6) is 0.817. The minimum atomic E-state index is -0.953. The van der Waals surface area contributed by atoms with Crippen LogP contribution in [0.4, 0.5) is 0 Å². The quantitative estimate of drug-likeness (QED) is 0.627. The Labute approximate surface area is 166 Å². The first-order valence-electron chi connectivity index (χ1n) is 9.15. The fraction of sp³-hybridized carbons (Fsp3) is 0.350. The van der Waals surface area contributed by atoms with Gasteiger partial charge in [0.2, 0.25) is 5.88 Å².